The van der Waals surface area contributed by atoms with E-state index in [1.54, 1.807) is 39.1 Å². The lowest BCUT2D eigenvalue weighted by molar-refractivity contribution is 0.0636. The molecule has 2 aromatic heterocycles. The van der Waals surface area contributed by atoms with Crippen LogP contribution in [0.5, 0.6) is 6.01 Å². The van der Waals surface area contributed by atoms with E-state index in [1.165, 1.54) is 17.4 Å². The number of aromatic nitrogens is 2. The molecule has 1 N–H and O–H groups in total. The number of rotatable bonds is 7. The molecule has 0 radical (unpaired) electrons. The number of hydrogen-bond donors (Lipinski definition) is 1. The van der Waals surface area contributed by atoms with Gasteiger partial charge >= 0.3 is 12.1 Å². The summed E-state index contributed by atoms with van der Waals surface area (Å²) >= 11 is 1.24. The zero-order valence-electron chi connectivity index (χ0n) is 26.0. The number of piperidine rings is 1. The Hall–Kier alpha value is -3.74. The molecule has 2 aliphatic heterocycles. The number of anilines is 1. The van der Waals surface area contributed by atoms with Gasteiger partial charge in [-0.2, -0.15) is 4.98 Å². The smallest absolute Gasteiger partial charge is 0.412 e. The van der Waals surface area contributed by atoms with Crippen LogP contribution in [-0.2, 0) is 22.7 Å². The fourth-order valence-corrected chi connectivity index (χ4v) is 7.31. The molecule has 8 nitrogen and oxygen atoms in total. The Balaban J connectivity index is 1.20. The van der Waals surface area contributed by atoms with Crippen molar-refractivity contribution < 1.29 is 32.2 Å². The predicted octanol–water partition coefficient (Wildman–Crippen LogP) is 8.28. The molecular formula is C34H35F3N4O4S. The van der Waals surface area contributed by atoms with Crippen LogP contribution in [0.3, 0.4) is 0 Å². The van der Waals surface area contributed by atoms with Gasteiger partial charge in [-0.1, -0.05) is 0 Å². The number of thiophene rings is 1. The Labute approximate surface area is 268 Å². The molecule has 1 saturated carbocycles. The maximum absolute atomic E-state index is 16.7. The lowest BCUT2D eigenvalue weighted by Crippen LogP contribution is -2.37. The first kappa shape index (κ1) is 30.9. The second-order valence-corrected chi connectivity index (χ2v) is 14.5. The van der Waals surface area contributed by atoms with E-state index in [0.29, 0.717) is 38.2 Å². The van der Waals surface area contributed by atoms with Crippen molar-refractivity contribution in [2.24, 2.45) is 5.41 Å². The second kappa shape index (κ2) is 11.8. The lowest BCUT2D eigenvalue weighted by atomic mass is 9.91. The third kappa shape index (κ3) is 6.05. The van der Waals surface area contributed by atoms with E-state index >= 15 is 8.78 Å². The standard InChI is InChI=1S/C34H35F3N4O4S/c1-33(2,3)45-32(42)39-26-12-20-25(46-26)5-4-24(36)27(20)28-23-16-43-15-22(23)21-14-38-31(40-30(21)29(28)37)44-18-34(8-9-34)17-41-10-6-19(13-35)7-11-41/h4-5,12-14H,6-11,15-18H2,1-3H3,(H,39,42). The molecule has 1 aliphatic carbocycles. The van der Waals surface area contributed by atoms with Crippen molar-refractivity contribution in [3.05, 3.63) is 59.1 Å². The number of amides is 1. The van der Waals surface area contributed by atoms with E-state index < -0.39 is 23.3 Å². The molecule has 242 valence electrons. The number of fused-ring (bicyclic) bond motifs is 4. The maximum Gasteiger partial charge on any atom is 0.412 e. The first-order valence-corrected chi connectivity index (χ1v) is 16.3. The van der Waals surface area contributed by atoms with Gasteiger partial charge in [-0.25, -0.2) is 22.9 Å². The van der Waals surface area contributed by atoms with Crippen LogP contribution in [0.4, 0.5) is 23.0 Å². The van der Waals surface area contributed by atoms with Gasteiger partial charge in [-0.15, -0.1) is 11.3 Å². The Bertz CT molecular complexity index is 1870. The topological polar surface area (TPSA) is 85.8 Å². The summed E-state index contributed by atoms with van der Waals surface area (Å²) in [6.07, 6.45) is 5.12. The van der Waals surface area contributed by atoms with Crippen LogP contribution >= 0.6 is 11.3 Å². The van der Waals surface area contributed by atoms with Crippen LogP contribution in [-0.4, -0.2) is 52.8 Å². The summed E-state index contributed by atoms with van der Waals surface area (Å²) in [5.41, 5.74) is 1.59. The minimum absolute atomic E-state index is 0.0342. The molecule has 0 spiro atoms. The molecule has 2 fully saturated rings. The summed E-state index contributed by atoms with van der Waals surface area (Å²) in [7, 11) is 0. The average Bonchev–Trinajstić information content (AvgIpc) is 3.39. The number of likely N-dealkylation sites (tertiary alicyclic amines) is 1. The number of nitrogens with zero attached hydrogens (tertiary/aromatic N) is 3. The van der Waals surface area contributed by atoms with Gasteiger partial charge in [-0.05, 0) is 81.4 Å². The highest BCUT2D eigenvalue weighted by Crippen LogP contribution is 2.48. The number of nitrogens with one attached hydrogen (secondary N) is 1. The summed E-state index contributed by atoms with van der Waals surface area (Å²) in [6, 6.07) is 4.60. The minimum atomic E-state index is -0.691. The molecule has 0 atom stereocenters. The highest BCUT2D eigenvalue weighted by Gasteiger charge is 2.45. The zero-order valence-corrected chi connectivity index (χ0v) is 26.8. The van der Waals surface area contributed by atoms with E-state index in [-0.39, 0.29) is 41.3 Å². The Morgan fingerprint density at radius 1 is 1.13 bits per heavy atom. The highest BCUT2D eigenvalue weighted by atomic mass is 32.1. The van der Waals surface area contributed by atoms with Crippen LogP contribution < -0.4 is 10.1 Å². The van der Waals surface area contributed by atoms with Gasteiger partial charge in [0.05, 0.1) is 31.2 Å². The van der Waals surface area contributed by atoms with E-state index in [9.17, 15) is 9.18 Å². The Kier molecular flexibility index (Phi) is 7.93. The van der Waals surface area contributed by atoms with Crippen LogP contribution in [0.1, 0.15) is 57.6 Å². The largest absolute Gasteiger partial charge is 0.463 e. The molecule has 0 unspecified atom stereocenters. The molecule has 1 saturated heterocycles. The van der Waals surface area contributed by atoms with Crippen LogP contribution in [0.25, 0.3) is 32.1 Å². The number of halogens is 3. The summed E-state index contributed by atoms with van der Waals surface area (Å²) in [6.45, 7) is 8.48. The van der Waals surface area contributed by atoms with E-state index in [0.717, 1.165) is 57.2 Å². The summed E-state index contributed by atoms with van der Waals surface area (Å²) in [5, 5.41) is 4.11. The summed E-state index contributed by atoms with van der Waals surface area (Å²) in [4.78, 5) is 23.7. The van der Waals surface area contributed by atoms with Gasteiger partial charge in [-0.3, -0.25) is 5.32 Å². The predicted molar refractivity (Wildman–Crippen MR) is 171 cm³/mol. The highest BCUT2D eigenvalue weighted by molar-refractivity contribution is 7.23. The molecule has 12 heteroatoms. The van der Waals surface area contributed by atoms with Crippen molar-refractivity contribution in [3.63, 3.8) is 0 Å². The van der Waals surface area contributed by atoms with Crippen LogP contribution in [0.2, 0.25) is 0 Å². The molecule has 0 bridgehead atoms. The van der Waals surface area contributed by atoms with Crippen LogP contribution in [0, 0.1) is 17.0 Å². The fraction of sp³-hybridized carbons (Fsp3) is 0.441. The third-order valence-electron chi connectivity index (χ3n) is 8.88. The first-order valence-electron chi connectivity index (χ1n) is 15.5. The fourth-order valence-electron chi connectivity index (χ4n) is 6.36. The molecule has 4 heterocycles. The van der Waals surface area contributed by atoms with Crippen molar-refractivity contribution in [1.82, 2.24) is 14.9 Å². The molecular weight excluding hydrogens is 617 g/mol. The number of carbonyl (C=O) groups excluding carboxylic acids is 1. The number of carbonyl (C=O) groups is 1. The molecule has 3 aliphatic rings. The Morgan fingerprint density at radius 3 is 2.61 bits per heavy atom. The van der Waals surface area contributed by atoms with E-state index in [1.807, 2.05) is 0 Å². The Morgan fingerprint density at radius 2 is 1.89 bits per heavy atom. The van der Waals surface area contributed by atoms with Gasteiger partial charge in [0.1, 0.15) is 16.9 Å². The number of benzene rings is 2. The number of hydrogen-bond acceptors (Lipinski definition) is 8. The summed E-state index contributed by atoms with van der Waals surface area (Å²) in [5.74, 6) is -1.29. The van der Waals surface area contributed by atoms with Crippen LogP contribution in [0.15, 0.2) is 36.3 Å². The van der Waals surface area contributed by atoms with Crippen molar-refractivity contribution in [1.29, 1.82) is 0 Å². The van der Waals surface area contributed by atoms with Gasteiger partial charge < -0.3 is 19.1 Å². The van der Waals surface area contributed by atoms with Crippen molar-refractivity contribution in [2.75, 3.05) is 31.6 Å². The van der Waals surface area contributed by atoms with E-state index in [2.05, 4.69) is 20.2 Å². The summed E-state index contributed by atoms with van der Waals surface area (Å²) < 4.78 is 63.1. The monoisotopic (exact) mass is 652 g/mol. The molecule has 2 aromatic carbocycles. The minimum Gasteiger partial charge on any atom is -0.463 e. The van der Waals surface area contributed by atoms with E-state index in [4.69, 9.17) is 14.2 Å². The van der Waals surface area contributed by atoms with Crippen molar-refractivity contribution >= 4 is 43.4 Å². The molecule has 1 amide bonds. The molecule has 46 heavy (non-hydrogen) atoms. The first-order chi connectivity index (χ1) is 22.0. The van der Waals surface area contributed by atoms with Gasteiger partial charge in [0, 0.05) is 57.8 Å². The average molecular weight is 653 g/mol. The maximum atomic E-state index is 16.7. The van der Waals surface area contributed by atoms with Gasteiger partial charge in [0.25, 0.3) is 0 Å². The quantitative estimate of drug-likeness (QED) is 0.215. The third-order valence-corrected chi connectivity index (χ3v) is 9.89. The normalized spacial score (nSPS) is 17.7. The lowest BCUT2D eigenvalue weighted by Gasteiger charge is -2.31. The van der Waals surface area contributed by atoms with Crippen molar-refractivity contribution in [3.8, 4) is 17.1 Å². The van der Waals surface area contributed by atoms with Gasteiger partial charge in [0.15, 0.2) is 5.82 Å². The van der Waals surface area contributed by atoms with Crippen molar-refractivity contribution in [2.45, 2.75) is 65.3 Å². The SMILES string of the molecule is CC(C)(C)OC(=O)Nc1cc2c(-c3c4c(c5cnc(OCC6(CN7CCC(=CF)CC7)CC6)nc5c3F)COC4)c(F)ccc2s1. The second-order valence-electron chi connectivity index (χ2n) is 13.5. The zero-order chi connectivity index (χ0) is 32.2. The molecule has 7 rings (SSSR count). The molecule has 4 aromatic rings. The number of ether oxygens (including phenoxy) is 3. The van der Waals surface area contributed by atoms with Gasteiger partial charge in [0.2, 0.25) is 0 Å².